The molecule has 2 aromatic carbocycles. The summed E-state index contributed by atoms with van der Waals surface area (Å²) >= 11 is 0. The summed E-state index contributed by atoms with van der Waals surface area (Å²) < 4.78 is 0. The summed E-state index contributed by atoms with van der Waals surface area (Å²) in [7, 11) is 0. The molecule has 2 aromatic rings. The maximum atomic E-state index is 2.49. The molecule has 1 aliphatic carbocycles. The summed E-state index contributed by atoms with van der Waals surface area (Å²) in [6.07, 6.45) is 10.4. The standard InChI is InChI=1S/C25H34.C2H6/c1-4-19(3)25-16-10-15-23(24(25)5-2)18-20-11-9-14-22(17-20)21-12-7-6-8-13-21;1-2/h9-11,14-17,19,21H,4-8,12-13,18H2,1-3H3;1-2H3. The molecule has 0 saturated heterocycles. The molecule has 0 nitrogen and oxygen atoms in total. The van der Waals surface area contributed by atoms with Gasteiger partial charge in [0.15, 0.2) is 0 Å². The van der Waals surface area contributed by atoms with E-state index in [1.54, 1.807) is 16.7 Å². The highest BCUT2D eigenvalue weighted by molar-refractivity contribution is 5.41. The highest BCUT2D eigenvalue weighted by atomic mass is 14.2. The van der Waals surface area contributed by atoms with Gasteiger partial charge < -0.3 is 0 Å². The van der Waals surface area contributed by atoms with Gasteiger partial charge in [0.05, 0.1) is 0 Å². The lowest BCUT2D eigenvalue weighted by Gasteiger charge is -2.23. The van der Waals surface area contributed by atoms with Gasteiger partial charge in [0.1, 0.15) is 0 Å². The van der Waals surface area contributed by atoms with Crippen molar-refractivity contribution in [3.05, 3.63) is 70.3 Å². The molecule has 0 N–H and O–H groups in total. The summed E-state index contributed by atoms with van der Waals surface area (Å²) in [6.45, 7) is 11.0. The Kier molecular flexibility index (Phi) is 9.11. The van der Waals surface area contributed by atoms with E-state index in [1.165, 1.54) is 49.7 Å². The molecule has 0 aliphatic heterocycles. The first-order valence-corrected chi connectivity index (χ1v) is 11.4. The second-order valence-corrected chi connectivity index (χ2v) is 7.90. The monoisotopic (exact) mass is 364 g/mol. The third-order valence-corrected chi connectivity index (χ3v) is 6.23. The average Bonchev–Trinajstić information content (AvgIpc) is 2.75. The minimum absolute atomic E-state index is 0.656. The predicted octanol–water partition coefficient (Wildman–Crippen LogP) is 8.43. The first-order valence-electron chi connectivity index (χ1n) is 11.4. The molecule has 3 rings (SSSR count). The van der Waals surface area contributed by atoms with Crippen molar-refractivity contribution in [2.75, 3.05) is 0 Å². The van der Waals surface area contributed by atoms with E-state index >= 15 is 0 Å². The Labute approximate surface area is 168 Å². The van der Waals surface area contributed by atoms with Gasteiger partial charge in [-0.05, 0) is 71.8 Å². The third kappa shape index (κ3) is 5.71. The van der Waals surface area contributed by atoms with Crippen LogP contribution in [0.2, 0.25) is 0 Å². The molecule has 1 aliphatic rings. The molecule has 0 aromatic heterocycles. The van der Waals surface area contributed by atoms with E-state index in [0.717, 1.165) is 18.8 Å². The highest BCUT2D eigenvalue weighted by Gasteiger charge is 2.16. The summed E-state index contributed by atoms with van der Waals surface area (Å²) in [5.41, 5.74) is 7.74. The summed E-state index contributed by atoms with van der Waals surface area (Å²) in [6, 6.07) is 16.4. The lowest BCUT2D eigenvalue weighted by Crippen LogP contribution is -2.06. The fraction of sp³-hybridized carbons (Fsp3) is 0.556. The van der Waals surface area contributed by atoms with Crippen molar-refractivity contribution in [2.45, 2.75) is 97.8 Å². The Morgan fingerprint density at radius 1 is 0.926 bits per heavy atom. The van der Waals surface area contributed by atoms with E-state index in [9.17, 15) is 0 Å². The Bertz CT molecular complexity index is 676. The van der Waals surface area contributed by atoms with Crippen molar-refractivity contribution in [3.63, 3.8) is 0 Å². The average molecular weight is 365 g/mol. The van der Waals surface area contributed by atoms with Crippen LogP contribution in [-0.4, -0.2) is 0 Å². The molecule has 0 radical (unpaired) electrons. The van der Waals surface area contributed by atoms with Crippen LogP contribution in [0.4, 0.5) is 0 Å². The SMILES string of the molecule is CC.CCc1c(Cc2cccc(C3CCCCC3)c2)cccc1C(C)CC. The smallest absolute Gasteiger partial charge is 0.00228 e. The van der Waals surface area contributed by atoms with Gasteiger partial charge in [0, 0.05) is 0 Å². The van der Waals surface area contributed by atoms with Crippen molar-refractivity contribution in [3.8, 4) is 0 Å². The fourth-order valence-corrected chi connectivity index (χ4v) is 4.55. The van der Waals surface area contributed by atoms with Crippen LogP contribution in [0, 0.1) is 0 Å². The molecule has 148 valence electrons. The number of rotatable bonds is 6. The predicted molar refractivity (Wildman–Crippen MR) is 121 cm³/mol. The van der Waals surface area contributed by atoms with Crippen molar-refractivity contribution < 1.29 is 0 Å². The van der Waals surface area contributed by atoms with Crippen LogP contribution in [0.3, 0.4) is 0 Å². The third-order valence-electron chi connectivity index (χ3n) is 6.23. The molecule has 27 heavy (non-hydrogen) atoms. The summed E-state index contributed by atoms with van der Waals surface area (Å²) in [5.74, 6) is 1.45. The summed E-state index contributed by atoms with van der Waals surface area (Å²) in [4.78, 5) is 0. The van der Waals surface area contributed by atoms with Crippen molar-refractivity contribution in [1.29, 1.82) is 0 Å². The van der Waals surface area contributed by atoms with Gasteiger partial charge in [-0.1, -0.05) is 96.3 Å². The highest BCUT2D eigenvalue weighted by Crippen LogP contribution is 2.33. The number of hydrogen-bond acceptors (Lipinski definition) is 0. The molecular weight excluding hydrogens is 324 g/mol. The topological polar surface area (TPSA) is 0 Å². The molecule has 0 heteroatoms. The van der Waals surface area contributed by atoms with Crippen LogP contribution in [0.15, 0.2) is 42.5 Å². The lowest BCUT2D eigenvalue weighted by atomic mass is 9.83. The van der Waals surface area contributed by atoms with E-state index in [4.69, 9.17) is 0 Å². The van der Waals surface area contributed by atoms with Gasteiger partial charge in [0.25, 0.3) is 0 Å². The van der Waals surface area contributed by atoms with E-state index in [1.807, 2.05) is 13.8 Å². The molecule has 1 atom stereocenters. The van der Waals surface area contributed by atoms with Gasteiger partial charge in [-0.15, -0.1) is 0 Å². The maximum Gasteiger partial charge on any atom is -0.00228 e. The second-order valence-electron chi connectivity index (χ2n) is 7.90. The van der Waals surface area contributed by atoms with Crippen LogP contribution in [0.25, 0.3) is 0 Å². The zero-order valence-corrected chi connectivity index (χ0v) is 18.4. The Hall–Kier alpha value is -1.56. The van der Waals surface area contributed by atoms with Gasteiger partial charge in [0.2, 0.25) is 0 Å². The normalized spacial score (nSPS) is 15.7. The van der Waals surface area contributed by atoms with Crippen LogP contribution in [0.5, 0.6) is 0 Å². The van der Waals surface area contributed by atoms with Gasteiger partial charge in [-0.2, -0.15) is 0 Å². The van der Waals surface area contributed by atoms with Crippen LogP contribution >= 0.6 is 0 Å². The van der Waals surface area contributed by atoms with Gasteiger partial charge in [-0.3, -0.25) is 0 Å². The molecule has 0 heterocycles. The van der Waals surface area contributed by atoms with Crippen LogP contribution in [0.1, 0.15) is 113 Å². The number of hydrogen-bond donors (Lipinski definition) is 0. The zero-order chi connectivity index (χ0) is 19.6. The Morgan fingerprint density at radius 3 is 2.30 bits per heavy atom. The fourth-order valence-electron chi connectivity index (χ4n) is 4.55. The molecular formula is C27H40. The largest absolute Gasteiger partial charge is 0.0683 e. The maximum absolute atomic E-state index is 2.49. The quantitative estimate of drug-likeness (QED) is 0.482. The van der Waals surface area contributed by atoms with Crippen molar-refractivity contribution >= 4 is 0 Å². The van der Waals surface area contributed by atoms with Gasteiger partial charge >= 0.3 is 0 Å². The van der Waals surface area contributed by atoms with Crippen molar-refractivity contribution in [2.24, 2.45) is 0 Å². The van der Waals surface area contributed by atoms with E-state index in [0.29, 0.717) is 5.92 Å². The van der Waals surface area contributed by atoms with Crippen LogP contribution in [-0.2, 0) is 12.8 Å². The number of benzene rings is 2. The van der Waals surface area contributed by atoms with Crippen LogP contribution < -0.4 is 0 Å². The summed E-state index contributed by atoms with van der Waals surface area (Å²) in [5, 5.41) is 0. The minimum atomic E-state index is 0.656. The molecule has 1 saturated carbocycles. The second kappa shape index (κ2) is 11.3. The first-order chi connectivity index (χ1) is 13.2. The van der Waals surface area contributed by atoms with Gasteiger partial charge in [-0.25, -0.2) is 0 Å². The zero-order valence-electron chi connectivity index (χ0n) is 18.4. The van der Waals surface area contributed by atoms with E-state index in [-0.39, 0.29) is 0 Å². The van der Waals surface area contributed by atoms with E-state index < -0.39 is 0 Å². The van der Waals surface area contributed by atoms with E-state index in [2.05, 4.69) is 63.2 Å². The first kappa shape index (κ1) is 21.7. The molecule has 1 unspecified atom stereocenters. The minimum Gasteiger partial charge on any atom is -0.0683 e. The molecule has 1 fully saturated rings. The molecule has 0 bridgehead atoms. The Morgan fingerprint density at radius 2 is 1.63 bits per heavy atom. The van der Waals surface area contributed by atoms with Crippen molar-refractivity contribution in [1.82, 2.24) is 0 Å². The lowest BCUT2D eigenvalue weighted by molar-refractivity contribution is 0.443. The Balaban J connectivity index is 0.00000126. The molecule has 0 amide bonds. The molecule has 0 spiro atoms.